The van der Waals surface area contributed by atoms with Crippen LogP contribution < -0.4 is 4.90 Å². The van der Waals surface area contributed by atoms with Gasteiger partial charge in [-0.15, -0.1) is 0 Å². The summed E-state index contributed by atoms with van der Waals surface area (Å²) in [6.45, 7) is 5.84. The Morgan fingerprint density at radius 1 is 1.03 bits per heavy atom. The molecule has 0 bridgehead atoms. The zero-order valence-electron chi connectivity index (χ0n) is 16.6. The van der Waals surface area contributed by atoms with Crippen LogP contribution in [0.4, 0.5) is 10.1 Å². The lowest BCUT2D eigenvalue weighted by Crippen LogP contribution is -2.52. The molecular weight excluding hydrogens is 433 g/mol. The van der Waals surface area contributed by atoms with E-state index in [2.05, 4.69) is 43.9 Å². The third-order valence-corrected chi connectivity index (χ3v) is 6.43. The largest absolute Gasteiger partial charge is 0.368 e. The number of likely N-dealkylation sites (tertiary alicyclic amines) is 1. The number of piperidine rings is 1. The molecule has 1 unspecified atom stereocenters. The molecule has 154 valence electrons. The van der Waals surface area contributed by atoms with Crippen LogP contribution in [-0.4, -0.2) is 55.0 Å². The summed E-state index contributed by atoms with van der Waals surface area (Å²) in [5.74, 6) is 0.170. The van der Waals surface area contributed by atoms with E-state index in [0.717, 1.165) is 68.8 Å². The molecule has 2 aromatic rings. The summed E-state index contributed by atoms with van der Waals surface area (Å²) in [6, 6.07) is 15.0. The molecule has 2 aliphatic heterocycles. The third kappa shape index (κ3) is 5.17. The van der Waals surface area contributed by atoms with Gasteiger partial charge in [0.05, 0.1) is 5.92 Å². The van der Waals surface area contributed by atoms with Crippen LogP contribution in [0.1, 0.15) is 18.4 Å². The fraction of sp³-hybridized carbons (Fsp3) is 0.435. The van der Waals surface area contributed by atoms with Crippen molar-refractivity contribution in [2.45, 2.75) is 19.4 Å². The second-order valence-corrected chi connectivity index (χ2v) is 8.91. The average Bonchev–Trinajstić information content (AvgIpc) is 2.74. The predicted molar refractivity (Wildman–Crippen MR) is 117 cm³/mol. The Morgan fingerprint density at radius 3 is 2.52 bits per heavy atom. The third-order valence-electron chi connectivity index (χ3n) is 5.93. The summed E-state index contributed by atoms with van der Waals surface area (Å²) < 4.78 is 14.2. The molecule has 29 heavy (non-hydrogen) atoms. The predicted octanol–water partition coefficient (Wildman–Crippen LogP) is 4.15. The van der Waals surface area contributed by atoms with E-state index in [1.165, 1.54) is 17.7 Å². The average molecular weight is 460 g/mol. The number of benzene rings is 2. The quantitative estimate of drug-likeness (QED) is 0.686. The number of amides is 1. The number of hydrogen-bond acceptors (Lipinski definition) is 3. The van der Waals surface area contributed by atoms with Crippen molar-refractivity contribution in [3.8, 4) is 0 Å². The SMILES string of the molecule is O=C(C1CCCN(Cc2cccc(Br)c2)C1)N1CCN(c2ccc(F)cc2)CC1. The van der Waals surface area contributed by atoms with Crippen molar-refractivity contribution >= 4 is 27.5 Å². The summed E-state index contributed by atoms with van der Waals surface area (Å²) in [5.41, 5.74) is 2.30. The van der Waals surface area contributed by atoms with Gasteiger partial charge in [-0.3, -0.25) is 9.69 Å². The fourth-order valence-corrected chi connectivity index (χ4v) is 4.84. The van der Waals surface area contributed by atoms with Gasteiger partial charge >= 0.3 is 0 Å². The van der Waals surface area contributed by atoms with Crippen LogP contribution in [0.3, 0.4) is 0 Å². The normalized spacial score (nSPS) is 20.7. The van der Waals surface area contributed by atoms with E-state index in [-0.39, 0.29) is 11.7 Å². The minimum Gasteiger partial charge on any atom is -0.368 e. The summed E-state index contributed by atoms with van der Waals surface area (Å²) in [6.07, 6.45) is 2.05. The van der Waals surface area contributed by atoms with Gasteiger partial charge in [0.25, 0.3) is 0 Å². The van der Waals surface area contributed by atoms with Crippen molar-refractivity contribution in [3.63, 3.8) is 0 Å². The second kappa shape index (κ2) is 9.26. The number of carbonyl (C=O) groups excluding carboxylic acids is 1. The molecule has 4 rings (SSSR count). The highest BCUT2D eigenvalue weighted by Crippen LogP contribution is 2.23. The monoisotopic (exact) mass is 459 g/mol. The number of carbonyl (C=O) groups is 1. The minimum atomic E-state index is -0.215. The van der Waals surface area contributed by atoms with Crippen LogP contribution >= 0.6 is 15.9 Å². The first kappa shape index (κ1) is 20.4. The first-order chi connectivity index (χ1) is 14.1. The number of hydrogen-bond donors (Lipinski definition) is 0. The maximum absolute atomic E-state index is 13.1. The minimum absolute atomic E-state index is 0.0910. The molecule has 2 aromatic carbocycles. The van der Waals surface area contributed by atoms with E-state index >= 15 is 0 Å². The standard InChI is InChI=1S/C23H27BrFN3O/c24-20-5-1-3-18(15-20)16-26-10-2-4-19(17-26)23(29)28-13-11-27(12-14-28)22-8-6-21(25)7-9-22/h1,3,5-9,15,19H,2,4,10-14,16-17H2. The van der Waals surface area contributed by atoms with Gasteiger partial charge in [0.2, 0.25) is 5.91 Å². The first-order valence-corrected chi connectivity index (χ1v) is 11.1. The van der Waals surface area contributed by atoms with E-state index in [1.54, 1.807) is 0 Å². The van der Waals surface area contributed by atoms with Crippen LogP contribution in [0, 0.1) is 11.7 Å². The van der Waals surface area contributed by atoms with Crippen molar-refractivity contribution in [1.29, 1.82) is 0 Å². The van der Waals surface area contributed by atoms with E-state index < -0.39 is 0 Å². The lowest BCUT2D eigenvalue weighted by molar-refractivity contribution is -0.137. The van der Waals surface area contributed by atoms with Crippen LogP contribution in [-0.2, 0) is 11.3 Å². The number of anilines is 1. The van der Waals surface area contributed by atoms with Gasteiger partial charge in [-0.25, -0.2) is 4.39 Å². The van der Waals surface area contributed by atoms with Gasteiger partial charge < -0.3 is 9.80 Å². The topological polar surface area (TPSA) is 26.8 Å². The molecule has 2 saturated heterocycles. The molecule has 4 nitrogen and oxygen atoms in total. The van der Waals surface area contributed by atoms with Crippen molar-refractivity contribution < 1.29 is 9.18 Å². The first-order valence-electron chi connectivity index (χ1n) is 10.3. The van der Waals surface area contributed by atoms with Crippen molar-refractivity contribution in [2.24, 2.45) is 5.92 Å². The van der Waals surface area contributed by atoms with Crippen LogP contribution in [0.15, 0.2) is 53.0 Å². The van der Waals surface area contributed by atoms with Gasteiger partial charge in [-0.2, -0.15) is 0 Å². The molecule has 6 heteroatoms. The molecule has 2 heterocycles. The Balaban J connectivity index is 1.30. The Hall–Kier alpha value is -1.92. The van der Waals surface area contributed by atoms with Crippen LogP contribution in [0.25, 0.3) is 0 Å². The van der Waals surface area contributed by atoms with Gasteiger partial charge in [-0.05, 0) is 61.3 Å². The lowest BCUT2D eigenvalue weighted by Gasteiger charge is -2.39. The molecule has 0 radical (unpaired) electrons. The second-order valence-electron chi connectivity index (χ2n) is 7.99. The van der Waals surface area contributed by atoms with Crippen LogP contribution in [0.5, 0.6) is 0 Å². The highest BCUT2D eigenvalue weighted by atomic mass is 79.9. The van der Waals surface area contributed by atoms with Crippen LogP contribution in [0.2, 0.25) is 0 Å². The molecule has 0 saturated carbocycles. The maximum atomic E-state index is 13.1. The number of rotatable bonds is 4. The highest BCUT2D eigenvalue weighted by Gasteiger charge is 2.31. The summed E-state index contributed by atoms with van der Waals surface area (Å²) >= 11 is 3.54. The lowest BCUT2D eigenvalue weighted by atomic mass is 9.95. The van der Waals surface area contributed by atoms with Crippen molar-refractivity contribution in [1.82, 2.24) is 9.80 Å². The van der Waals surface area contributed by atoms with E-state index in [1.807, 2.05) is 23.1 Å². The Labute approximate surface area is 180 Å². The number of piperazine rings is 1. The zero-order valence-corrected chi connectivity index (χ0v) is 18.2. The summed E-state index contributed by atoms with van der Waals surface area (Å²) in [7, 11) is 0. The summed E-state index contributed by atoms with van der Waals surface area (Å²) in [5, 5.41) is 0. The van der Waals surface area contributed by atoms with Crippen molar-refractivity contribution in [2.75, 3.05) is 44.2 Å². The molecule has 0 N–H and O–H groups in total. The summed E-state index contributed by atoms with van der Waals surface area (Å²) in [4.78, 5) is 19.8. The molecule has 0 aromatic heterocycles. The van der Waals surface area contributed by atoms with Gasteiger partial charge in [0.1, 0.15) is 5.82 Å². The number of nitrogens with zero attached hydrogens (tertiary/aromatic N) is 3. The van der Waals surface area contributed by atoms with E-state index in [4.69, 9.17) is 0 Å². The highest BCUT2D eigenvalue weighted by molar-refractivity contribution is 9.10. The van der Waals surface area contributed by atoms with E-state index in [0.29, 0.717) is 5.91 Å². The van der Waals surface area contributed by atoms with Crippen molar-refractivity contribution in [3.05, 3.63) is 64.4 Å². The molecule has 1 amide bonds. The van der Waals surface area contributed by atoms with Gasteiger partial charge in [-0.1, -0.05) is 28.1 Å². The Kier molecular flexibility index (Phi) is 6.50. The zero-order chi connectivity index (χ0) is 20.2. The van der Waals surface area contributed by atoms with Gasteiger partial charge in [0.15, 0.2) is 0 Å². The Bertz CT molecular complexity index is 836. The smallest absolute Gasteiger partial charge is 0.227 e. The number of halogens is 2. The molecule has 0 spiro atoms. The molecule has 2 aliphatic rings. The molecule has 2 fully saturated rings. The van der Waals surface area contributed by atoms with E-state index in [9.17, 15) is 9.18 Å². The Morgan fingerprint density at radius 2 is 1.79 bits per heavy atom. The molecule has 1 atom stereocenters. The molecular formula is C23H27BrFN3O. The maximum Gasteiger partial charge on any atom is 0.227 e. The molecule has 0 aliphatic carbocycles. The van der Waals surface area contributed by atoms with Gasteiger partial charge in [0, 0.05) is 49.4 Å². The fourth-order valence-electron chi connectivity index (χ4n) is 4.39.